The molecule has 0 rings (SSSR count). The second-order valence-electron chi connectivity index (χ2n) is 0.250. The Balaban J connectivity index is -0.00000000450. The van der Waals surface area contributed by atoms with Gasteiger partial charge in [-0.3, -0.25) is 0 Å². The zero-order valence-corrected chi connectivity index (χ0v) is 8.26. The summed E-state index contributed by atoms with van der Waals surface area (Å²) in [7, 11) is 0. The fourth-order valence-corrected chi connectivity index (χ4v) is 0. The van der Waals surface area contributed by atoms with Crippen molar-refractivity contribution in [1.29, 1.82) is 0 Å². The third-order valence-corrected chi connectivity index (χ3v) is 0. The molecule has 0 heterocycles. The van der Waals surface area contributed by atoms with Gasteiger partial charge in [-0.2, -0.15) is 0 Å². The average Bonchev–Trinajstić information content (AvgIpc) is 0.811. The zero-order chi connectivity index (χ0) is 3.58. The average molecular weight is 154 g/mol. The molecule has 0 aromatic heterocycles. The number of rotatable bonds is 0. The van der Waals surface area contributed by atoms with Crippen LogP contribution in [0.1, 0.15) is 2.85 Å². The molecule has 7 heavy (non-hydrogen) atoms. The van der Waals surface area contributed by atoms with Crippen LogP contribution in [0.25, 0.3) is 0 Å². The van der Waals surface area contributed by atoms with Crippen LogP contribution in [0, 0.1) is 0 Å². The molecule has 0 aliphatic heterocycles. The van der Waals surface area contributed by atoms with Crippen LogP contribution in [0.5, 0.6) is 0 Å². The van der Waals surface area contributed by atoms with Crippen LogP contribution < -0.4 is 10.2 Å². The van der Waals surface area contributed by atoms with Gasteiger partial charge in [0.1, 0.15) is 0 Å². The molecule has 0 aliphatic rings. The van der Waals surface area contributed by atoms with Gasteiger partial charge < -0.3 is 17.9 Å². The van der Waals surface area contributed by atoms with E-state index in [4.69, 9.17) is 15.0 Å². The maximum atomic E-state index is 8.33. The van der Waals surface area contributed by atoms with Crippen LogP contribution in [-0.4, -0.2) is 77.9 Å². The van der Waals surface area contributed by atoms with Gasteiger partial charge in [-0.25, -0.2) is 0 Å². The molecule has 0 aromatic carbocycles. The third kappa shape index (κ3) is 99.8. The van der Waals surface area contributed by atoms with E-state index in [1.54, 1.807) is 0 Å². The second-order valence-corrected chi connectivity index (χ2v) is 0.250. The Labute approximate surface area is 94.6 Å². The third-order valence-electron chi connectivity index (χ3n) is 0. The molecular formula is CH2CaMgO3Si. The molecule has 0 unspecified atom stereocenters. The van der Waals surface area contributed by atoms with Crippen molar-refractivity contribution in [2.45, 2.75) is 0 Å². The van der Waals surface area contributed by atoms with E-state index < -0.39 is 6.16 Å². The molecule has 0 saturated carbocycles. The predicted octanol–water partition coefficient (Wildman–Crippen LogP) is -3.36. The Bertz CT molecular complexity index is 44.8. The summed E-state index contributed by atoms with van der Waals surface area (Å²) in [5, 5.41) is 16.7. The van der Waals surface area contributed by atoms with Crippen LogP contribution in [0.2, 0.25) is 0 Å². The zero-order valence-electron chi connectivity index (χ0n) is 5.64. The van der Waals surface area contributed by atoms with Crippen LogP contribution in [0.3, 0.4) is 0 Å². The minimum Gasteiger partial charge on any atom is -1.00 e. The van der Waals surface area contributed by atoms with Crippen molar-refractivity contribution < 1.29 is 17.9 Å². The van der Waals surface area contributed by atoms with E-state index in [9.17, 15) is 0 Å². The molecule has 4 radical (unpaired) electrons. The Kier molecular flexibility index (Phi) is 52.7. The summed E-state index contributed by atoms with van der Waals surface area (Å²) in [6.07, 6.45) is -2.33. The molecule has 0 N–H and O–H groups in total. The number of carbonyl (C=O) groups excluding carboxylic acids is 1. The van der Waals surface area contributed by atoms with E-state index >= 15 is 0 Å². The van der Waals surface area contributed by atoms with Gasteiger partial charge in [0.25, 0.3) is 0 Å². The molecule has 0 atom stereocenters. The van der Waals surface area contributed by atoms with Gasteiger partial charge in [-0.15, -0.1) is 0 Å². The van der Waals surface area contributed by atoms with Gasteiger partial charge >= 0.3 is 60.8 Å². The number of carboxylic acid groups (broad SMARTS) is 2. The molecule has 3 nitrogen and oxygen atoms in total. The van der Waals surface area contributed by atoms with Crippen LogP contribution in [0.15, 0.2) is 0 Å². The smallest absolute Gasteiger partial charge is 1.00 e. The first-order valence-corrected chi connectivity index (χ1v) is 0.612. The molecule has 0 aromatic rings. The summed E-state index contributed by atoms with van der Waals surface area (Å²) in [6.45, 7) is 0. The van der Waals surface area contributed by atoms with Crippen LogP contribution in [-0.2, 0) is 0 Å². The van der Waals surface area contributed by atoms with Crippen LogP contribution in [0.4, 0.5) is 4.79 Å². The summed E-state index contributed by atoms with van der Waals surface area (Å²) in [5.74, 6) is 0. The summed E-state index contributed by atoms with van der Waals surface area (Å²) >= 11 is 0. The van der Waals surface area contributed by atoms with Gasteiger partial charge in [-0.1, -0.05) is 0 Å². The Morgan fingerprint density at radius 1 is 1.43 bits per heavy atom. The minimum atomic E-state index is -2.33. The first-order chi connectivity index (χ1) is 1.73. The van der Waals surface area contributed by atoms with E-state index in [0.717, 1.165) is 0 Å². The van der Waals surface area contributed by atoms with Crippen molar-refractivity contribution in [1.82, 2.24) is 0 Å². The fraction of sp³-hybridized carbons (Fsp3) is 0. The number of carbonyl (C=O) groups is 1. The van der Waals surface area contributed by atoms with Gasteiger partial charge in [0.15, 0.2) is 0 Å². The van der Waals surface area contributed by atoms with Crippen LogP contribution >= 0.6 is 0 Å². The maximum Gasteiger partial charge on any atom is 2.00 e. The first kappa shape index (κ1) is 23.6. The molecule has 0 fully saturated rings. The molecule has 6 heteroatoms. The van der Waals surface area contributed by atoms with Gasteiger partial charge in [-0.05, 0) is 6.16 Å². The van der Waals surface area contributed by atoms with E-state index in [1.165, 1.54) is 0 Å². The standard InChI is InChI=1S/CH2O3.Ca.Mg.Si.2H/c2-1(3)4;;;;;/h(H2,2,3,4);;;;;/q;2*+2;;2*-1/p-2. The summed E-state index contributed by atoms with van der Waals surface area (Å²) in [6, 6.07) is 0. The molecule has 32 valence electrons. The Morgan fingerprint density at radius 3 is 1.43 bits per heavy atom. The topological polar surface area (TPSA) is 63.2 Å². The Hall–Kier alpha value is 1.51. The van der Waals surface area contributed by atoms with Crippen molar-refractivity contribution in [3.8, 4) is 0 Å². The quantitative estimate of drug-likeness (QED) is 0.342. The van der Waals surface area contributed by atoms with E-state index in [1.807, 2.05) is 0 Å². The summed E-state index contributed by atoms with van der Waals surface area (Å²) in [5.41, 5.74) is 0. The fourth-order valence-electron chi connectivity index (χ4n) is 0. The van der Waals surface area contributed by atoms with Crippen molar-refractivity contribution in [3.63, 3.8) is 0 Å². The van der Waals surface area contributed by atoms with Crippen molar-refractivity contribution >= 4 is 77.9 Å². The van der Waals surface area contributed by atoms with E-state index in [-0.39, 0.29) is 74.6 Å². The van der Waals surface area contributed by atoms with Crippen molar-refractivity contribution in [3.05, 3.63) is 0 Å². The summed E-state index contributed by atoms with van der Waals surface area (Å²) in [4.78, 5) is 8.33. The SMILES string of the molecule is O=C([O-])[O-].[Ca+2].[H-].[H-].[Mg+2].[Si]. The Morgan fingerprint density at radius 2 is 1.43 bits per heavy atom. The van der Waals surface area contributed by atoms with Gasteiger partial charge in [0, 0.05) is 11.0 Å². The molecule has 0 spiro atoms. The normalized spacial score (nSPS) is 3.43. The van der Waals surface area contributed by atoms with Crippen molar-refractivity contribution in [2.24, 2.45) is 0 Å². The van der Waals surface area contributed by atoms with Crippen molar-refractivity contribution in [2.75, 3.05) is 0 Å². The minimum absolute atomic E-state index is 0. The molecule has 0 saturated heterocycles. The maximum absolute atomic E-state index is 8.33. The predicted molar refractivity (Wildman–Crippen MR) is 24.9 cm³/mol. The van der Waals surface area contributed by atoms with Gasteiger partial charge in [0.2, 0.25) is 0 Å². The number of hydrogen-bond donors (Lipinski definition) is 0. The molecular weight excluding hydrogens is 152 g/mol. The largest absolute Gasteiger partial charge is 2.00 e. The molecule has 0 aliphatic carbocycles. The first-order valence-electron chi connectivity index (χ1n) is 0.612. The summed E-state index contributed by atoms with van der Waals surface area (Å²) < 4.78 is 0. The second kappa shape index (κ2) is 15.6. The van der Waals surface area contributed by atoms with E-state index in [0.29, 0.717) is 0 Å². The van der Waals surface area contributed by atoms with E-state index in [2.05, 4.69) is 0 Å². The molecule has 0 amide bonds. The number of hydrogen-bond acceptors (Lipinski definition) is 3. The van der Waals surface area contributed by atoms with Gasteiger partial charge in [0.05, 0.1) is 0 Å². The molecule has 0 bridgehead atoms. The monoisotopic (exact) mass is 154 g/mol.